The van der Waals surface area contributed by atoms with E-state index in [1.165, 1.54) is 22.6 Å². The second kappa shape index (κ2) is 6.16. The average Bonchev–Trinajstić information content (AvgIpc) is 3.11. The number of carbonyl (C=O) groups is 1. The number of esters is 1. The molecule has 7 heteroatoms. The first-order valence-corrected chi connectivity index (χ1v) is 8.44. The van der Waals surface area contributed by atoms with Crippen LogP contribution in [0.15, 0.2) is 29.3 Å². The first-order valence-electron chi connectivity index (χ1n) is 8.44. The van der Waals surface area contributed by atoms with Gasteiger partial charge in [0.1, 0.15) is 0 Å². The van der Waals surface area contributed by atoms with Crippen molar-refractivity contribution >= 4 is 16.9 Å². The summed E-state index contributed by atoms with van der Waals surface area (Å²) in [4.78, 5) is 31.7. The lowest BCUT2D eigenvalue weighted by Crippen LogP contribution is -2.17. The first kappa shape index (κ1) is 15.6. The Bertz CT molecular complexity index is 1020. The zero-order valence-electron chi connectivity index (χ0n) is 13.9. The van der Waals surface area contributed by atoms with Gasteiger partial charge in [-0.05, 0) is 49.8 Å². The Hall–Kier alpha value is -2.96. The van der Waals surface area contributed by atoms with Gasteiger partial charge in [0.25, 0.3) is 5.56 Å². The smallest absolute Gasteiger partial charge is 0.341 e. The van der Waals surface area contributed by atoms with Gasteiger partial charge >= 0.3 is 5.97 Å². The van der Waals surface area contributed by atoms with E-state index in [0.717, 1.165) is 31.2 Å². The molecule has 0 radical (unpaired) electrons. The van der Waals surface area contributed by atoms with E-state index in [1.807, 2.05) is 6.07 Å². The molecule has 1 N–H and O–H groups in total. The number of aromatic nitrogens is 4. The monoisotopic (exact) mass is 338 g/mol. The molecule has 0 unspecified atom stereocenters. The minimum Gasteiger partial charge on any atom is -0.462 e. The third-order valence-corrected chi connectivity index (χ3v) is 4.50. The molecule has 128 valence electrons. The molecule has 2 aromatic heterocycles. The van der Waals surface area contributed by atoms with Crippen molar-refractivity contribution in [3.05, 3.63) is 51.6 Å². The molecule has 0 saturated heterocycles. The summed E-state index contributed by atoms with van der Waals surface area (Å²) in [6.07, 6.45) is 7.07. The van der Waals surface area contributed by atoms with Crippen molar-refractivity contribution in [3.8, 4) is 5.95 Å². The maximum Gasteiger partial charge on any atom is 0.341 e. The fourth-order valence-electron chi connectivity index (χ4n) is 3.34. The number of rotatable bonds is 3. The highest BCUT2D eigenvalue weighted by molar-refractivity contribution is 5.89. The van der Waals surface area contributed by atoms with E-state index in [-0.39, 0.29) is 11.5 Å². The van der Waals surface area contributed by atoms with Crippen LogP contribution in [-0.4, -0.2) is 32.3 Å². The number of fused-ring (bicyclic) bond motifs is 3. The molecule has 1 aromatic carbocycles. The molecule has 0 fully saturated rings. The maximum atomic E-state index is 12.7. The summed E-state index contributed by atoms with van der Waals surface area (Å²) in [5.41, 5.74) is 3.13. The van der Waals surface area contributed by atoms with Crippen LogP contribution in [0, 0.1) is 0 Å². The summed E-state index contributed by atoms with van der Waals surface area (Å²) < 4.78 is 6.33. The number of carbonyl (C=O) groups excluding carboxylic acids is 1. The number of aryl methyl sites for hydroxylation is 2. The molecule has 4 rings (SSSR count). The maximum absolute atomic E-state index is 12.7. The van der Waals surface area contributed by atoms with E-state index < -0.39 is 5.97 Å². The van der Waals surface area contributed by atoms with Crippen molar-refractivity contribution in [3.63, 3.8) is 0 Å². The van der Waals surface area contributed by atoms with Crippen molar-refractivity contribution in [1.29, 1.82) is 0 Å². The number of nitrogens with one attached hydrogen (secondary N) is 1. The highest BCUT2D eigenvalue weighted by atomic mass is 16.5. The zero-order valence-corrected chi connectivity index (χ0v) is 13.9. The van der Waals surface area contributed by atoms with Crippen molar-refractivity contribution in [2.75, 3.05) is 6.61 Å². The van der Waals surface area contributed by atoms with Gasteiger partial charge in [0.05, 0.1) is 29.3 Å². The van der Waals surface area contributed by atoms with Gasteiger partial charge in [0, 0.05) is 6.20 Å². The Kier molecular flexibility index (Phi) is 3.83. The fourth-order valence-corrected chi connectivity index (χ4v) is 3.34. The average molecular weight is 338 g/mol. The Balaban J connectivity index is 1.80. The van der Waals surface area contributed by atoms with Crippen molar-refractivity contribution < 1.29 is 9.53 Å². The number of hydrogen-bond donors (Lipinski definition) is 1. The molecule has 0 amide bonds. The van der Waals surface area contributed by atoms with Gasteiger partial charge in [0.15, 0.2) is 0 Å². The van der Waals surface area contributed by atoms with Gasteiger partial charge < -0.3 is 4.74 Å². The predicted octanol–water partition coefficient (Wildman–Crippen LogP) is 2.16. The molecule has 0 bridgehead atoms. The molecular formula is C18H18N4O3. The van der Waals surface area contributed by atoms with E-state index >= 15 is 0 Å². The van der Waals surface area contributed by atoms with Crippen molar-refractivity contribution in [2.24, 2.45) is 0 Å². The number of hydrogen-bond acceptors (Lipinski definition) is 5. The normalized spacial score (nSPS) is 13.6. The van der Waals surface area contributed by atoms with Crippen LogP contribution in [0.2, 0.25) is 0 Å². The number of aromatic amines is 1. The largest absolute Gasteiger partial charge is 0.462 e. The summed E-state index contributed by atoms with van der Waals surface area (Å²) in [6.45, 7) is 2.03. The Labute approximate surface area is 143 Å². The quantitative estimate of drug-likeness (QED) is 0.739. The minimum atomic E-state index is -0.453. The van der Waals surface area contributed by atoms with E-state index in [4.69, 9.17) is 4.74 Å². The zero-order chi connectivity index (χ0) is 17.4. The lowest BCUT2D eigenvalue weighted by Gasteiger charge is -2.17. The predicted molar refractivity (Wildman–Crippen MR) is 92.1 cm³/mol. The molecule has 0 aliphatic heterocycles. The molecule has 0 spiro atoms. The molecule has 0 atom stereocenters. The Morgan fingerprint density at radius 1 is 1.32 bits per heavy atom. The lowest BCUT2D eigenvalue weighted by atomic mass is 9.89. The van der Waals surface area contributed by atoms with E-state index in [2.05, 4.69) is 21.1 Å². The van der Waals surface area contributed by atoms with Gasteiger partial charge in [-0.2, -0.15) is 5.10 Å². The van der Waals surface area contributed by atoms with Gasteiger partial charge in [-0.15, -0.1) is 0 Å². The van der Waals surface area contributed by atoms with Gasteiger partial charge in [0.2, 0.25) is 5.95 Å². The summed E-state index contributed by atoms with van der Waals surface area (Å²) >= 11 is 0. The second-order valence-corrected chi connectivity index (χ2v) is 6.09. The SMILES string of the molecule is CCOC(=O)c1cnn(-c2nc3ccc4c(c3c(=O)[nH]2)CCCC4)c1. The number of benzene rings is 1. The van der Waals surface area contributed by atoms with Crippen LogP contribution < -0.4 is 5.56 Å². The summed E-state index contributed by atoms with van der Waals surface area (Å²) in [6, 6.07) is 3.94. The minimum absolute atomic E-state index is 0.174. The lowest BCUT2D eigenvalue weighted by molar-refractivity contribution is 0.0526. The third-order valence-electron chi connectivity index (χ3n) is 4.50. The molecule has 0 saturated carbocycles. The van der Waals surface area contributed by atoms with Gasteiger partial charge in [-0.3, -0.25) is 9.78 Å². The molecule has 7 nitrogen and oxygen atoms in total. The van der Waals surface area contributed by atoms with Crippen LogP contribution in [0.1, 0.15) is 41.3 Å². The van der Waals surface area contributed by atoms with Crippen LogP contribution in [0.25, 0.3) is 16.9 Å². The molecule has 25 heavy (non-hydrogen) atoms. The highest BCUT2D eigenvalue weighted by Crippen LogP contribution is 2.26. The summed E-state index contributed by atoms with van der Waals surface area (Å²) in [5, 5.41) is 4.77. The standard InChI is InChI=1S/C18H18N4O3/c1-2-25-17(24)12-9-19-22(10-12)18-20-14-8-7-11-5-3-4-6-13(11)15(14)16(23)21-18/h7-10H,2-6H2,1H3,(H,20,21,23). The van der Waals surface area contributed by atoms with Crippen molar-refractivity contribution in [1.82, 2.24) is 19.7 Å². The summed E-state index contributed by atoms with van der Waals surface area (Å²) in [7, 11) is 0. The van der Waals surface area contributed by atoms with Crippen LogP contribution in [0.4, 0.5) is 0 Å². The van der Waals surface area contributed by atoms with E-state index in [9.17, 15) is 9.59 Å². The van der Waals surface area contributed by atoms with Crippen LogP contribution in [0.3, 0.4) is 0 Å². The molecule has 2 heterocycles. The first-order chi connectivity index (χ1) is 12.2. The van der Waals surface area contributed by atoms with Crippen LogP contribution in [-0.2, 0) is 17.6 Å². The van der Waals surface area contributed by atoms with Crippen LogP contribution in [0.5, 0.6) is 0 Å². The molecule has 1 aliphatic carbocycles. The molecule has 3 aromatic rings. The van der Waals surface area contributed by atoms with E-state index in [0.29, 0.717) is 23.1 Å². The van der Waals surface area contributed by atoms with Gasteiger partial charge in [-0.1, -0.05) is 6.07 Å². The molecular weight excluding hydrogens is 320 g/mol. The second-order valence-electron chi connectivity index (χ2n) is 6.09. The van der Waals surface area contributed by atoms with Gasteiger partial charge in [-0.25, -0.2) is 14.5 Å². The third kappa shape index (κ3) is 2.71. The van der Waals surface area contributed by atoms with Crippen molar-refractivity contribution in [2.45, 2.75) is 32.6 Å². The number of nitrogens with zero attached hydrogens (tertiary/aromatic N) is 3. The Morgan fingerprint density at radius 3 is 3.00 bits per heavy atom. The van der Waals surface area contributed by atoms with Crippen LogP contribution >= 0.6 is 0 Å². The highest BCUT2D eigenvalue weighted by Gasteiger charge is 2.17. The van der Waals surface area contributed by atoms with E-state index in [1.54, 1.807) is 6.92 Å². The topological polar surface area (TPSA) is 89.9 Å². The summed E-state index contributed by atoms with van der Waals surface area (Å²) in [5.74, 6) is -0.172. The molecule has 1 aliphatic rings. The fraction of sp³-hybridized carbons (Fsp3) is 0.333. The number of H-pyrrole nitrogens is 1. The number of ether oxygens (including phenoxy) is 1. The Morgan fingerprint density at radius 2 is 2.16 bits per heavy atom.